The predicted octanol–water partition coefficient (Wildman–Crippen LogP) is 2.86. The van der Waals surface area contributed by atoms with Gasteiger partial charge in [-0.1, -0.05) is 6.42 Å². The van der Waals surface area contributed by atoms with Gasteiger partial charge in [0.05, 0.1) is 11.0 Å². The molecule has 1 saturated carbocycles. The molecule has 3 heteroatoms. The number of imidazole rings is 1. The van der Waals surface area contributed by atoms with Crippen molar-refractivity contribution in [1.29, 1.82) is 0 Å². The molecule has 88 valence electrons. The summed E-state index contributed by atoms with van der Waals surface area (Å²) in [5.74, 6) is 1.53. The molecule has 0 unspecified atom stereocenters. The number of fused-ring (bicyclic) bond motifs is 1. The molecule has 0 saturated heterocycles. The van der Waals surface area contributed by atoms with Crippen LogP contribution < -0.4 is 0 Å². The van der Waals surface area contributed by atoms with E-state index in [1.165, 1.54) is 6.42 Å². The summed E-state index contributed by atoms with van der Waals surface area (Å²) in [6.07, 6.45) is 3.30. The van der Waals surface area contributed by atoms with Gasteiger partial charge in [-0.3, -0.25) is 4.79 Å². The summed E-state index contributed by atoms with van der Waals surface area (Å²) in [5.41, 5.74) is 2.84. The van der Waals surface area contributed by atoms with Crippen molar-refractivity contribution >= 4 is 16.8 Å². The van der Waals surface area contributed by atoms with Crippen LogP contribution in [0.3, 0.4) is 0 Å². The first-order chi connectivity index (χ1) is 8.16. The zero-order valence-corrected chi connectivity index (χ0v) is 10.2. The molecule has 1 aliphatic rings. The van der Waals surface area contributed by atoms with Crippen LogP contribution in [0, 0.1) is 12.8 Å². The van der Waals surface area contributed by atoms with E-state index in [0.717, 1.165) is 35.3 Å². The van der Waals surface area contributed by atoms with E-state index in [4.69, 9.17) is 0 Å². The highest BCUT2D eigenvalue weighted by atomic mass is 16.1. The van der Waals surface area contributed by atoms with Crippen molar-refractivity contribution < 1.29 is 4.79 Å². The van der Waals surface area contributed by atoms with Gasteiger partial charge in [0.1, 0.15) is 5.82 Å². The lowest BCUT2D eigenvalue weighted by Crippen LogP contribution is -2.21. The van der Waals surface area contributed by atoms with E-state index >= 15 is 0 Å². The highest BCUT2D eigenvalue weighted by Crippen LogP contribution is 2.30. The number of rotatable bonds is 2. The van der Waals surface area contributed by atoms with E-state index < -0.39 is 0 Å². The van der Waals surface area contributed by atoms with E-state index in [9.17, 15) is 4.79 Å². The van der Waals surface area contributed by atoms with Crippen LogP contribution >= 0.6 is 0 Å². The molecule has 0 spiro atoms. The first kappa shape index (κ1) is 10.5. The number of aryl methyl sites for hydroxylation is 2. The maximum Gasteiger partial charge on any atom is 0.166 e. The Balaban J connectivity index is 2.04. The average molecular weight is 228 g/mol. The fourth-order valence-electron chi connectivity index (χ4n) is 2.38. The summed E-state index contributed by atoms with van der Waals surface area (Å²) in [7, 11) is 2.00. The average Bonchev–Trinajstić information content (AvgIpc) is 2.52. The van der Waals surface area contributed by atoms with Crippen LogP contribution in [0.5, 0.6) is 0 Å². The number of benzene rings is 1. The van der Waals surface area contributed by atoms with Crippen molar-refractivity contribution in [3.63, 3.8) is 0 Å². The number of hydrogen-bond acceptors (Lipinski definition) is 2. The van der Waals surface area contributed by atoms with Gasteiger partial charge in [-0.25, -0.2) is 4.98 Å². The van der Waals surface area contributed by atoms with Crippen molar-refractivity contribution in [3.8, 4) is 0 Å². The Morgan fingerprint density at radius 3 is 2.82 bits per heavy atom. The lowest BCUT2D eigenvalue weighted by atomic mass is 9.80. The lowest BCUT2D eigenvalue weighted by molar-refractivity contribution is 0.0855. The number of Topliss-reactive ketones (excluding diaryl/α,β-unsaturated/α-hetero) is 1. The van der Waals surface area contributed by atoms with Crippen molar-refractivity contribution in [2.75, 3.05) is 0 Å². The number of ketones is 1. The molecular weight excluding hydrogens is 212 g/mol. The second kappa shape index (κ2) is 3.69. The largest absolute Gasteiger partial charge is 0.331 e. The molecule has 0 atom stereocenters. The third-order valence-electron chi connectivity index (χ3n) is 3.86. The maximum absolute atomic E-state index is 12.1. The zero-order chi connectivity index (χ0) is 12.0. The molecule has 0 N–H and O–H groups in total. The second-order valence-electron chi connectivity index (χ2n) is 4.91. The van der Waals surface area contributed by atoms with E-state index in [1.807, 2.05) is 36.7 Å². The molecule has 3 nitrogen and oxygen atoms in total. The summed E-state index contributed by atoms with van der Waals surface area (Å²) >= 11 is 0. The monoisotopic (exact) mass is 228 g/mol. The van der Waals surface area contributed by atoms with Crippen LogP contribution in [0.1, 0.15) is 35.4 Å². The lowest BCUT2D eigenvalue weighted by Gasteiger charge is -2.23. The SMILES string of the molecule is Cc1nc2cc(C(=O)C3CCC3)ccc2n1C. The minimum Gasteiger partial charge on any atom is -0.331 e. The van der Waals surface area contributed by atoms with Crippen LogP contribution in [0.4, 0.5) is 0 Å². The molecule has 0 amide bonds. The van der Waals surface area contributed by atoms with E-state index in [2.05, 4.69) is 4.98 Å². The first-order valence-electron chi connectivity index (χ1n) is 6.14. The van der Waals surface area contributed by atoms with Gasteiger partial charge in [-0.2, -0.15) is 0 Å². The van der Waals surface area contributed by atoms with Gasteiger partial charge in [0, 0.05) is 18.5 Å². The molecule has 1 aromatic heterocycles. The molecule has 1 heterocycles. The predicted molar refractivity (Wildman–Crippen MR) is 67.1 cm³/mol. The van der Waals surface area contributed by atoms with Crippen molar-refractivity contribution in [1.82, 2.24) is 9.55 Å². The van der Waals surface area contributed by atoms with Crippen LogP contribution in [0.2, 0.25) is 0 Å². The molecular formula is C14H16N2O. The summed E-state index contributed by atoms with van der Waals surface area (Å²) in [4.78, 5) is 16.6. The Labute approximate surface area is 100 Å². The van der Waals surface area contributed by atoms with Crippen molar-refractivity contribution in [2.45, 2.75) is 26.2 Å². The van der Waals surface area contributed by atoms with Gasteiger partial charge in [0.25, 0.3) is 0 Å². The summed E-state index contributed by atoms with van der Waals surface area (Å²) < 4.78 is 2.05. The maximum atomic E-state index is 12.1. The topological polar surface area (TPSA) is 34.9 Å². The molecule has 17 heavy (non-hydrogen) atoms. The molecule has 1 aromatic carbocycles. The minimum atomic E-state index is 0.261. The number of nitrogens with zero attached hydrogens (tertiary/aromatic N) is 2. The van der Waals surface area contributed by atoms with Gasteiger partial charge in [-0.15, -0.1) is 0 Å². The Hall–Kier alpha value is -1.64. The fourth-order valence-corrected chi connectivity index (χ4v) is 2.38. The van der Waals surface area contributed by atoms with E-state index in [0.29, 0.717) is 5.78 Å². The number of hydrogen-bond donors (Lipinski definition) is 0. The van der Waals surface area contributed by atoms with Gasteiger partial charge in [0.2, 0.25) is 0 Å². The van der Waals surface area contributed by atoms with Gasteiger partial charge in [0.15, 0.2) is 5.78 Å². The number of aromatic nitrogens is 2. The third-order valence-corrected chi connectivity index (χ3v) is 3.86. The summed E-state index contributed by atoms with van der Waals surface area (Å²) in [6.45, 7) is 1.98. The van der Waals surface area contributed by atoms with Crippen molar-refractivity contribution in [3.05, 3.63) is 29.6 Å². The first-order valence-corrected chi connectivity index (χ1v) is 6.14. The molecule has 1 fully saturated rings. The normalized spacial score (nSPS) is 16.1. The highest BCUT2D eigenvalue weighted by Gasteiger charge is 2.26. The molecule has 0 aliphatic heterocycles. The Morgan fingerprint density at radius 2 is 2.18 bits per heavy atom. The molecule has 1 aliphatic carbocycles. The smallest absolute Gasteiger partial charge is 0.166 e. The summed E-state index contributed by atoms with van der Waals surface area (Å²) in [5, 5.41) is 0. The quantitative estimate of drug-likeness (QED) is 0.741. The second-order valence-corrected chi connectivity index (χ2v) is 4.91. The Bertz CT molecular complexity index is 594. The van der Waals surface area contributed by atoms with E-state index in [-0.39, 0.29) is 5.92 Å². The minimum absolute atomic E-state index is 0.261. The van der Waals surface area contributed by atoms with Crippen LogP contribution in [0.15, 0.2) is 18.2 Å². The highest BCUT2D eigenvalue weighted by molar-refractivity contribution is 6.00. The van der Waals surface area contributed by atoms with Crippen LogP contribution in [0.25, 0.3) is 11.0 Å². The van der Waals surface area contributed by atoms with Crippen LogP contribution in [-0.2, 0) is 7.05 Å². The Morgan fingerprint density at radius 1 is 1.41 bits per heavy atom. The molecule has 0 radical (unpaired) electrons. The standard InChI is InChI=1S/C14H16N2O/c1-9-15-12-8-11(6-7-13(12)16(9)2)14(17)10-4-3-5-10/h6-8,10H,3-5H2,1-2H3. The number of carbonyl (C=O) groups is 1. The number of carbonyl (C=O) groups excluding carboxylic acids is 1. The van der Waals surface area contributed by atoms with Gasteiger partial charge >= 0.3 is 0 Å². The van der Waals surface area contributed by atoms with E-state index in [1.54, 1.807) is 0 Å². The summed E-state index contributed by atoms with van der Waals surface area (Å²) in [6, 6.07) is 5.87. The van der Waals surface area contributed by atoms with Gasteiger partial charge in [-0.05, 0) is 38.0 Å². The molecule has 0 bridgehead atoms. The third kappa shape index (κ3) is 1.57. The Kier molecular flexibility index (Phi) is 2.28. The molecule has 3 rings (SSSR count). The molecule has 2 aromatic rings. The van der Waals surface area contributed by atoms with Crippen LogP contribution in [-0.4, -0.2) is 15.3 Å². The fraction of sp³-hybridized carbons (Fsp3) is 0.429. The van der Waals surface area contributed by atoms with Gasteiger partial charge < -0.3 is 4.57 Å². The zero-order valence-electron chi connectivity index (χ0n) is 10.2. The van der Waals surface area contributed by atoms with Crippen molar-refractivity contribution in [2.24, 2.45) is 13.0 Å².